The van der Waals surface area contributed by atoms with Gasteiger partial charge in [0.2, 0.25) is 5.91 Å². The maximum Gasteiger partial charge on any atom is 0.287 e. The Morgan fingerprint density at radius 1 is 1.17 bits per heavy atom. The summed E-state index contributed by atoms with van der Waals surface area (Å²) >= 11 is 0. The number of hydrogen-bond acceptors (Lipinski definition) is 3. The van der Waals surface area contributed by atoms with Crippen molar-refractivity contribution in [3.63, 3.8) is 0 Å². The first-order valence-corrected chi connectivity index (χ1v) is 8.80. The first kappa shape index (κ1) is 17.6. The largest absolute Gasteiger partial charge is 0.459 e. The van der Waals surface area contributed by atoms with E-state index in [0.29, 0.717) is 18.8 Å². The minimum Gasteiger partial charge on any atom is -0.459 e. The highest BCUT2D eigenvalue weighted by molar-refractivity contribution is 5.91. The Morgan fingerprint density at radius 2 is 1.91 bits per heavy atom. The molecule has 0 spiro atoms. The molecular formula is C18H28N2O3. The van der Waals surface area contributed by atoms with Crippen LogP contribution < -0.4 is 10.6 Å². The highest BCUT2D eigenvalue weighted by Gasteiger charge is 2.25. The van der Waals surface area contributed by atoms with Crippen LogP contribution in [-0.2, 0) is 4.79 Å². The van der Waals surface area contributed by atoms with E-state index in [4.69, 9.17) is 4.42 Å². The molecule has 5 heteroatoms. The minimum absolute atomic E-state index is 0.131. The lowest BCUT2D eigenvalue weighted by molar-refractivity contribution is -0.126. The van der Waals surface area contributed by atoms with Gasteiger partial charge in [-0.3, -0.25) is 9.59 Å². The van der Waals surface area contributed by atoms with Gasteiger partial charge in [0, 0.05) is 19.0 Å². The number of unbranched alkanes of at least 4 members (excludes halogenated alkanes) is 1. The lowest BCUT2D eigenvalue weighted by atomic mass is 9.79. The standard InChI is InChI=1S/C18H28N2O3/c1-2-3-5-14-7-9-15(10-8-14)17(21)19-11-12-20-18(22)16-6-4-13-23-16/h4,6,13-15H,2-3,5,7-12H2,1H3,(H,19,21)(H,20,22). The lowest BCUT2D eigenvalue weighted by Gasteiger charge is -2.27. The smallest absolute Gasteiger partial charge is 0.287 e. The van der Waals surface area contributed by atoms with Crippen LogP contribution in [0.3, 0.4) is 0 Å². The van der Waals surface area contributed by atoms with Crippen molar-refractivity contribution in [2.45, 2.75) is 51.9 Å². The maximum atomic E-state index is 12.1. The Labute approximate surface area is 138 Å². The van der Waals surface area contributed by atoms with E-state index in [1.807, 2.05) is 0 Å². The van der Waals surface area contributed by atoms with Crippen LogP contribution in [0.2, 0.25) is 0 Å². The van der Waals surface area contributed by atoms with Gasteiger partial charge in [-0.25, -0.2) is 0 Å². The summed E-state index contributed by atoms with van der Waals surface area (Å²) in [5, 5.41) is 5.65. The highest BCUT2D eigenvalue weighted by atomic mass is 16.3. The third-order valence-corrected chi connectivity index (χ3v) is 4.64. The van der Waals surface area contributed by atoms with Crippen LogP contribution in [-0.4, -0.2) is 24.9 Å². The van der Waals surface area contributed by atoms with Crippen molar-refractivity contribution in [1.82, 2.24) is 10.6 Å². The third kappa shape index (κ3) is 5.73. The second-order valence-corrected chi connectivity index (χ2v) is 6.38. The van der Waals surface area contributed by atoms with Gasteiger partial charge in [0.1, 0.15) is 0 Å². The number of nitrogens with one attached hydrogen (secondary N) is 2. The maximum absolute atomic E-state index is 12.1. The van der Waals surface area contributed by atoms with Crippen molar-refractivity contribution in [3.05, 3.63) is 24.2 Å². The van der Waals surface area contributed by atoms with Gasteiger partial charge in [-0.15, -0.1) is 0 Å². The molecule has 1 aliphatic rings. The zero-order chi connectivity index (χ0) is 16.5. The number of rotatable bonds is 8. The molecule has 2 N–H and O–H groups in total. The molecule has 1 aromatic rings. The summed E-state index contributed by atoms with van der Waals surface area (Å²) < 4.78 is 5.01. The van der Waals surface area contributed by atoms with Crippen molar-refractivity contribution in [2.75, 3.05) is 13.1 Å². The van der Waals surface area contributed by atoms with E-state index in [1.165, 1.54) is 38.4 Å². The summed E-state index contributed by atoms with van der Waals surface area (Å²) in [4.78, 5) is 23.8. The summed E-state index contributed by atoms with van der Waals surface area (Å²) in [7, 11) is 0. The first-order valence-electron chi connectivity index (χ1n) is 8.80. The number of hydrogen-bond donors (Lipinski definition) is 2. The summed E-state index contributed by atoms with van der Waals surface area (Å²) in [6, 6.07) is 3.29. The van der Waals surface area contributed by atoms with Crippen molar-refractivity contribution in [1.29, 1.82) is 0 Å². The Bertz CT molecular complexity index is 476. The molecule has 1 heterocycles. The van der Waals surface area contributed by atoms with Crippen molar-refractivity contribution in [3.8, 4) is 0 Å². The molecule has 0 radical (unpaired) electrons. The van der Waals surface area contributed by atoms with Gasteiger partial charge in [0.15, 0.2) is 5.76 Å². The molecule has 0 aromatic carbocycles. The summed E-state index contributed by atoms with van der Waals surface area (Å²) in [5.74, 6) is 1.13. The van der Waals surface area contributed by atoms with Crippen LogP contribution in [0.15, 0.2) is 22.8 Å². The van der Waals surface area contributed by atoms with E-state index in [2.05, 4.69) is 17.6 Å². The van der Waals surface area contributed by atoms with Crippen LogP contribution >= 0.6 is 0 Å². The summed E-state index contributed by atoms with van der Waals surface area (Å²) in [6.45, 7) is 3.10. The lowest BCUT2D eigenvalue weighted by Crippen LogP contribution is -2.38. The summed E-state index contributed by atoms with van der Waals surface area (Å²) in [6.07, 6.45) is 9.68. The van der Waals surface area contributed by atoms with Gasteiger partial charge in [-0.1, -0.05) is 26.2 Å². The number of carbonyl (C=O) groups excluding carboxylic acids is 2. The van der Waals surface area contributed by atoms with Crippen molar-refractivity contribution < 1.29 is 14.0 Å². The highest BCUT2D eigenvalue weighted by Crippen LogP contribution is 2.31. The van der Waals surface area contributed by atoms with Gasteiger partial charge in [-0.05, 0) is 43.7 Å². The molecule has 0 saturated heterocycles. The molecule has 1 saturated carbocycles. The Kier molecular flexibility index (Phi) is 7.17. The Morgan fingerprint density at radius 3 is 2.57 bits per heavy atom. The molecule has 0 atom stereocenters. The van der Waals surface area contributed by atoms with Gasteiger partial charge in [0.05, 0.1) is 6.26 Å². The molecule has 2 amide bonds. The fraction of sp³-hybridized carbons (Fsp3) is 0.667. The SMILES string of the molecule is CCCCC1CCC(C(=O)NCCNC(=O)c2ccco2)CC1. The molecule has 0 unspecified atom stereocenters. The molecule has 128 valence electrons. The molecule has 0 bridgehead atoms. The molecule has 1 aliphatic carbocycles. The predicted octanol–water partition coefficient (Wildman–Crippen LogP) is 3.12. The topological polar surface area (TPSA) is 71.3 Å². The zero-order valence-corrected chi connectivity index (χ0v) is 14.0. The molecule has 1 fully saturated rings. The van der Waals surface area contributed by atoms with Gasteiger partial charge >= 0.3 is 0 Å². The fourth-order valence-corrected chi connectivity index (χ4v) is 3.21. The molecular weight excluding hydrogens is 292 g/mol. The Balaban J connectivity index is 1.58. The van der Waals surface area contributed by atoms with E-state index in [0.717, 1.165) is 18.8 Å². The van der Waals surface area contributed by atoms with E-state index >= 15 is 0 Å². The molecule has 0 aliphatic heterocycles. The van der Waals surface area contributed by atoms with Gasteiger partial charge in [-0.2, -0.15) is 0 Å². The average molecular weight is 320 g/mol. The zero-order valence-electron chi connectivity index (χ0n) is 14.0. The average Bonchev–Trinajstić information content (AvgIpc) is 3.11. The quantitative estimate of drug-likeness (QED) is 0.723. The second-order valence-electron chi connectivity index (χ2n) is 6.38. The van der Waals surface area contributed by atoms with E-state index in [1.54, 1.807) is 12.1 Å². The minimum atomic E-state index is -0.249. The molecule has 5 nitrogen and oxygen atoms in total. The van der Waals surface area contributed by atoms with Crippen molar-refractivity contribution in [2.24, 2.45) is 11.8 Å². The van der Waals surface area contributed by atoms with Gasteiger partial charge < -0.3 is 15.1 Å². The Hall–Kier alpha value is -1.78. The number of furan rings is 1. The summed E-state index contributed by atoms with van der Waals surface area (Å²) in [5.41, 5.74) is 0. The van der Waals surface area contributed by atoms with Crippen molar-refractivity contribution >= 4 is 11.8 Å². The molecule has 1 aromatic heterocycles. The van der Waals surface area contributed by atoms with E-state index in [9.17, 15) is 9.59 Å². The predicted molar refractivity (Wildman–Crippen MR) is 89.0 cm³/mol. The second kappa shape index (κ2) is 9.38. The molecule has 2 rings (SSSR count). The van der Waals surface area contributed by atoms with E-state index in [-0.39, 0.29) is 17.7 Å². The fourth-order valence-electron chi connectivity index (χ4n) is 3.21. The van der Waals surface area contributed by atoms with E-state index < -0.39 is 0 Å². The number of carbonyl (C=O) groups is 2. The number of amides is 2. The first-order chi connectivity index (χ1) is 11.2. The molecule has 23 heavy (non-hydrogen) atoms. The van der Waals surface area contributed by atoms with Crippen LogP contribution in [0.5, 0.6) is 0 Å². The van der Waals surface area contributed by atoms with Crippen LogP contribution in [0.4, 0.5) is 0 Å². The monoisotopic (exact) mass is 320 g/mol. The third-order valence-electron chi connectivity index (χ3n) is 4.64. The van der Waals surface area contributed by atoms with Crippen LogP contribution in [0.25, 0.3) is 0 Å². The van der Waals surface area contributed by atoms with Crippen LogP contribution in [0.1, 0.15) is 62.4 Å². The van der Waals surface area contributed by atoms with Crippen LogP contribution in [0, 0.1) is 11.8 Å². The normalized spacial score (nSPS) is 20.9. The van der Waals surface area contributed by atoms with Gasteiger partial charge in [0.25, 0.3) is 5.91 Å².